The molecule has 0 spiro atoms. The molecule has 0 bridgehead atoms. The summed E-state index contributed by atoms with van der Waals surface area (Å²) in [6, 6.07) is 5.96. The van der Waals surface area contributed by atoms with Gasteiger partial charge in [-0.1, -0.05) is 13.0 Å². The first kappa shape index (κ1) is 16.5. The van der Waals surface area contributed by atoms with E-state index >= 15 is 0 Å². The van der Waals surface area contributed by atoms with Gasteiger partial charge in [-0.2, -0.15) is 0 Å². The van der Waals surface area contributed by atoms with Crippen LogP contribution in [0.25, 0.3) is 0 Å². The van der Waals surface area contributed by atoms with Gasteiger partial charge in [0.2, 0.25) is 5.91 Å². The summed E-state index contributed by atoms with van der Waals surface area (Å²) >= 11 is 0. The van der Waals surface area contributed by atoms with Crippen LogP contribution in [-0.2, 0) is 4.79 Å². The van der Waals surface area contributed by atoms with E-state index in [1.54, 1.807) is 0 Å². The van der Waals surface area contributed by atoms with Crippen LogP contribution in [0.4, 0.5) is 5.69 Å². The number of hydrogen-bond acceptors (Lipinski definition) is 3. The maximum atomic E-state index is 11.9. The number of ether oxygens (including phenoxy) is 1. The van der Waals surface area contributed by atoms with E-state index in [-0.39, 0.29) is 11.9 Å². The summed E-state index contributed by atoms with van der Waals surface area (Å²) in [7, 11) is 0. The van der Waals surface area contributed by atoms with Gasteiger partial charge in [0.25, 0.3) is 0 Å². The predicted molar refractivity (Wildman–Crippen MR) is 83.1 cm³/mol. The number of benzene rings is 1. The van der Waals surface area contributed by atoms with Crippen molar-refractivity contribution in [3.05, 3.63) is 23.8 Å². The highest BCUT2D eigenvalue weighted by Crippen LogP contribution is 2.26. The van der Waals surface area contributed by atoms with Gasteiger partial charge in [-0.25, -0.2) is 0 Å². The quantitative estimate of drug-likeness (QED) is 0.767. The topological polar surface area (TPSA) is 64.3 Å². The first-order valence-electron chi connectivity index (χ1n) is 7.31. The lowest BCUT2D eigenvalue weighted by atomic mass is 10.1. The number of amides is 1. The molecular formula is C16H26N2O2. The molecular weight excluding hydrogens is 252 g/mol. The van der Waals surface area contributed by atoms with Crippen LogP contribution in [-0.4, -0.2) is 18.6 Å². The van der Waals surface area contributed by atoms with Gasteiger partial charge in [-0.3, -0.25) is 4.79 Å². The Balaban J connectivity index is 2.59. The standard InChI is InChI=1S/C16H26N2O2/c1-4-10-20-15-11-12(2)8-9-14(15)18-16(19)7-5-6-13(3)17/h8-9,11,13H,4-7,10,17H2,1-3H3,(H,18,19). The molecule has 0 aliphatic carbocycles. The van der Waals surface area contributed by atoms with Crippen molar-refractivity contribution in [2.45, 2.75) is 52.5 Å². The predicted octanol–water partition coefficient (Wildman–Crippen LogP) is 3.24. The molecule has 1 aromatic rings. The molecule has 1 unspecified atom stereocenters. The van der Waals surface area contributed by atoms with Crippen molar-refractivity contribution >= 4 is 11.6 Å². The van der Waals surface area contributed by atoms with Gasteiger partial charge >= 0.3 is 0 Å². The molecule has 0 heterocycles. The maximum Gasteiger partial charge on any atom is 0.224 e. The SMILES string of the molecule is CCCOc1cc(C)ccc1NC(=O)CCCC(C)N. The summed E-state index contributed by atoms with van der Waals surface area (Å²) in [4.78, 5) is 11.9. The zero-order valence-electron chi connectivity index (χ0n) is 12.7. The lowest BCUT2D eigenvalue weighted by molar-refractivity contribution is -0.116. The second-order valence-electron chi connectivity index (χ2n) is 5.27. The highest BCUT2D eigenvalue weighted by atomic mass is 16.5. The summed E-state index contributed by atoms with van der Waals surface area (Å²) < 4.78 is 5.68. The van der Waals surface area contributed by atoms with E-state index in [4.69, 9.17) is 10.5 Å². The van der Waals surface area contributed by atoms with Crippen LogP contribution in [0.15, 0.2) is 18.2 Å². The number of carbonyl (C=O) groups is 1. The summed E-state index contributed by atoms with van der Waals surface area (Å²) in [6.07, 6.45) is 3.10. The second kappa shape index (κ2) is 8.59. The Bertz CT molecular complexity index is 430. The Morgan fingerprint density at radius 3 is 2.85 bits per heavy atom. The van der Waals surface area contributed by atoms with E-state index in [2.05, 4.69) is 12.2 Å². The van der Waals surface area contributed by atoms with E-state index in [1.807, 2.05) is 32.0 Å². The Hall–Kier alpha value is -1.55. The minimum atomic E-state index is 0.0100. The Morgan fingerprint density at radius 2 is 2.20 bits per heavy atom. The molecule has 0 aromatic heterocycles. The monoisotopic (exact) mass is 278 g/mol. The van der Waals surface area contributed by atoms with Gasteiger partial charge in [0.05, 0.1) is 12.3 Å². The molecule has 0 fully saturated rings. The minimum absolute atomic E-state index is 0.0100. The molecule has 1 rings (SSSR count). The van der Waals surface area contributed by atoms with Gasteiger partial charge < -0.3 is 15.8 Å². The van der Waals surface area contributed by atoms with Crippen molar-refractivity contribution in [3.63, 3.8) is 0 Å². The van der Waals surface area contributed by atoms with Crippen LogP contribution >= 0.6 is 0 Å². The average molecular weight is 278 g/mol. The number of aryl methyl sites for hydroxylation is 1. The number of hydrogen-bond donors (Lipinski definition) is 2. The first-order valence-corrected chi connectivity index (χ1v) is 7.31. The number of anilines is 1. The molecule has 112 valence electrons. The highest BCUT2D eigenvalue weighted by molar-refractivity contribution is 5.92. The molecule has 1 atom stereocenters. The summed E-state index contributed by atoms with van der Waals surface area (Å²) in [5, 5.41) is 2.92. The Morgan fingerprint density at radius 1 is 1.45 bits per heavy atom. The molecule has 0 saturated heterocycles. The summed E-state index contributed by atoms with van der Waals surface area (Å²) in [5.74, 6) is 0.753. The zero-order chi connectivity index (χ0) is 15.0. The molecule has 1 amide bonds. The van der Waals surface area contributed by atoms with E-state index in [0.29, 0.717) is 13.0 Å². The molecule has 0 radical (unpaired) electrons. The summed E-state index contributed by atoms with van der Waals surface area (Å²) in [5.41, 5.74) is 7.54. The minimum Gasteiger partial charge on any atom is -0.491 e. The van der Waals surface area contributed by atoms with Crippen molar-refractivity contribution < 1.29 is 9.53 Å². The van der Waals surface area contributed by atoms with Crippen molar-refractivity contribution in [2.75, 3.05) is 11.9 Å². The lowest BCUT2D eigenvalue weighted by Crippen LogP contribution is -2.17. The third-order valence-electron chi connectivity index (χ3n) is 2.94. The van der Waals surface area contributed by atoms with Gasteiger partial charge in [-0.15, -0.1) is 0 Å². The van der Waals surface area contributed by atoms with E-state index in [0.717, 1.165) is 36.3 Å². The number of nitrogens with one attached hydrogen (secondary N) is 1. The Kier molecular flexibility index (Phi) is 7.09. The van der Waals surface area contributed by atoms with Crippen molar-refractivity contribution in [3.8, 4) is 5.75 Å². The Labute approximate surface area is 121 Å². The van der Waals surface area contributed by atoms with Gasteiger partial charge in [0.15, 0.2) is 0 Å². The summed E-state index contributed by atoms with van der Waals surface area (Å²) in [6.45, 7) is 6.67. The molecule has 3 N–H and O–H groups in total. The zero-order valence-corrected chi connectivity index (χ0v) is 12.7. The highest BCUT2D eigenvalue weighted by Gasteiger charge is 2.08. The molecule has 0 aliphatic heterocycles. The fourth-order valence-corrected chi connectivity index (χ4v) is 1.86. The molecule has 4 heteroatoms. The van der Waals surface area contributed by atoms with Gasteiger partial charge in [0.1, 0.15) is 5.75 Å². The van der Waals surface area contributed by atoms with Crippen LogP contribution in [0.1, 0.15) is 45.1 Å². The van der Waals surface area contributed by atoms with Crippen LogP contribution in [0.3, 0.4) is 0 Å². The molecule has 1 aromatic carbocycles. The third kappa shape index (κ3) is 6.06. The first-order chi connectivity index (χ1) is 9.52. The van der Waals surface area contributed by atoms with Crippen LogP contribution in [0.5, 0.6) is 5.75 Å². The largest absolute Gasteiger partial charge is 0.491 e. The van der Waals surface area contributed by atoms with Crippen molar-refractivity contribution in [1.29, 1.82) is 0 Å². The average Bonchev–Trinajstić information content (AvgIpc) is 2.38. The normalized spacial score (nSPS) is 12.0. The second-order valence-corrected chi connectivity index (χ2v) is 5.27. The van der Waals surface area contributed by atoms with Crippen LogP contribution in [0, 0.1) is 6.92 Å². The lowest BCUT2D eigenvalue weighted by Gasteiger charge is -2.13. The maximum absolute atomic E-state index is 11.9. The molecule has 0 aliphatic rings. The van der Waals surface area contributed by atoms with Gasteiger partial charge in [0, 0.05) is 12.5 Å². The fourth-order valence-electron chi connectivity index (χ4n) is 1.86. The third-order valence-corrected chi connectivity index (χ3v) is 2.94. The smallest absolute Gasteiger partial charge is 0.224 e. The van der Waals surface area contributed by atoms with E-state index in [1.165, 1.54) is 0 Å². The van der Waals surface area contributed by atoms with Crippen molar-refractivity contribution in [1.82, 2.24) is 0 Å². The van der Waals surface area contributed by atoms with Crippen LogP contribution in [0.2, 0.25) is 0 Å². The number of rotatable bonds is 8. The van der Waals surface area contributed by atoms with E-state index in [9.17, 15) is 4.79 Å². The number of carbonyl (C=O) groups excluding carboxylic acids is 1. The van der Waals surface area contributed by atoms with Gasteiger partial charge in [-0.05, 0) is 50.8 Å². The molecule has 20 heavy (non-hydrogen) atoms. The fraction of sp³-hybridized carbons (Fsp3) is 0.562. The number of nitrogens with two attached hydrogens (primary N) is 1. The molecule has 0 saturated carbocycles. The van der Waals surface area contributed by atoms with Crippen molar-refractivity contribution in [2.24, 2.45) is 5.73 Å². The molecule has 4 nitrogen and oxygen atoms in total. The van der Waals surface area contributed by atoms with E-state index < -0.39 is 0 Å². The van der Waals surface area contributed by atoms with Crippen LogP contribution < -0.4 is 15.8 Å².